The number of amides is 3. The van der Waals surface area contributed by atoms with E-state index < -0.39 is 5.91 Å². The largest absolute Gasteiger partial charge is 0.370 e. The van der Waals surface area contributed by atoms with E-state index in [1.165, 1.54) is 0 Å². The Morgan fingerprint density at radius 3 is 2.67 bits per heavy atom. The molecule has 4 N–H and O–H groups in total. The highest BCUT2D eigenvalue weighted by atomic mass is 16.6. The lowest BCUT2D eigenvalue weighted by molar-refractivity contribution is -0.126. The van der Waals surface area contributed by atoms with Crippen LogP contribution in [0.2, 0.25) is 0 Å². The molecular weight excluding hydrogens is 314 g/mol. The molecule has 2 heterocycles. The second kappa shape index (κ2) is 7.61. The van der Waals surface area contributed by atoms with Crippen LogP contribution < -0.4 is 16.4 Å². The summed E-state index contributed by atoms with van der Waals surface area (Å²) in [6.45, 7) is 0.923. The van der Waals surface area contributed by atoms with Gasteiger partial charge >= 0.3 is 6.03 Å². The first-order chi connectivity index (χ1) is 11.6. The van der Waals surface area contributed by atoms with Crippen molar-refractivity contribution in [2.45, 2.75) is 30.9 Å². The van der Waals surface area contributed by atoms with Crippen LogP contribution in [0.3, 0.4) is 0 Å². The summed E-state index contributed by atoms with van der Waals surface area (Å²) in [5.74, 6) is -0.536. The van der Waals surface area contributed by atoms with E-state index in [2.05, 4.69) is 10.6 Å². The summed E-state index contributed by atoms with van der Waals surface area (Å²) in [6.07, 6.45) is -0.934. The molecule has 4 atom stereocenters. The van der Waals surface area contributed by atoms with Gasteiger partial charge < -0.3 is 30.6 Å². The van der Waals surface area contributed by atoms with Crippen LogP contribution in [-0.2, 0) is 25.5 Å². The maximum absolute atomic E-state index is 12.0. The van der Waals surface area contributed by atoms with Crippen molar-refractivity contribution in [3.05, 3.63) is 35.9 Å². The van der Waals surface area contributed by atoms with Gasteiger partial charge in [0.05, 0.1) is 19.3 Å². The predicted octanol–water partition coefficient (Wildman–Crippen LogP) is -0.477. The van der Waals surface area contributed by atoms with Gasteiger partial charge in [-0.25, -0.2) is 4.79 Å². The fraction of sp³-hybridized carbons (Fsp3) is 0.500. The van der Waals surface area contributed by atoms with Gasteiger partial charge in [0.15, 0.2) is 0 Å². The standard InChI is InChI=1S/C16H21N3O5/c17-13(20)9-22-12-8-24-14-11(7-23-15(12)14)19-16(21)18-6-10-4-2-1-3-5-10/h1-5,11-12,14-15H,6-9H2,(H2,17,20)(H2,18,19,21)/t11-,12+,14+,15+/m0/s1. The quantitative estimate of drug-likeness (QED) is 0.650. The van der Waals surface area contributed by atoms with Crippen LogP contribution in [0.25, 0.3) is 0 Å². The molecule has 0 unspecified atom stereocenters. The molecule has 8 nitrogen and oxygen atoms in total. The smallest absolute Gasteiger partial charge is 0.315 e. The molecule has 2 saturated heterocycles. The van der Waals surface area contributed by atoms with Crippen molar-refractivity contribution in [3.8, 4) is 0 Å². The van der Waals surface area contributed by atoms with Crippen LogP contribution >= 0.6 is 0 Å². The predicted molar refractivity (Wildman–Crippen MR) is 84.0 cm³/mol. The van der Waals surface area contributed by atoms with E-state index in [1.54, 1.807) is 0 Å². The third-order valence-electron chi connectivity index (χ3n) is 4.06. The molecule has 0 spiro atoms. The molecule has 8 heteroatoms. The average Bonchev–Trinajstić information content (AvgIpc) is 3.15. The number of nitrogens with one attached hydrogen (secondary N) is 2. The monoisotopic (exact) mass is 335 g/mol. The fourth-order valence-electron chi connectivity index (χ4n) is 2.92. The Hall–Kier alpha value is -2.16. The lowest BCUT2D eigenvalue weighted by atomic mass is 10.1. The number of fused-ring (bicyclic) bond motifs is 1. The Kier molecular flexibility index (Phi) is 5.29. The zero-order chi connectivity index (χ0) is 16.9. The van der Waals surface area contributed by atoms with Gasteiger partial charge in [0, 0.05) is 6.54 Å². The van der Waals surface area contributed by atoms with E-state index in [0.29, 0.717) is 19.8 Å². The van der Waals surface area contributed by atoms with Crippen LogP contribution in [0.5, 0.6) is 0 Å². The highest BCUT2D eigenvalue weighted by molar-refractivity contribution is 5.75. The van der Waals surface area contributed by atoms with Crippen LogP contribution in [0, 0.1) is 0 Å². The summed E-state index contributed by atoms with van der Waals surface area (Å²) in [6, 6.07) is 9.11. The topological polar surface area (TPSA) is 112 Å². The molecule has 24 heavy (non-hydrogen) atoms. The molecule has 0 radical (unpaired) electrons. The average molecular weight is 335 g/mol. The Balaban J connectivity index is 1.45. The number of nitrogens with two attached hydrogens (primary N) is 1. The number of benzene rings is 1. The molecular formula is C16H21N3O5. The van der Waals surface area contributed by atoms with Crippen LogP contribution in [0.1, 0.15) is 5.56 Å². The van der Waals surface area contributed by atoms with Gasteiger partial charge in [-0.3, -0.25) is 4.79 Å². The minimum Gasteiger partial charge on any atom is -0.370 e. The van der Waals surface area contributed by atoms with E-state index in [1.807, 2.05) is 30.3 Å². The van der Waals surface area contributed by atoms with Gasteiger partial charge in [0.2, 0.25) is 5.91 Å². The SMILES string of the molecule is NC(=O)CO[C@@H]1CO[C@H]2[C@@H]1OC[C@@H]2NC(=O)NCc1ccccc1. The maximum Gasteiger partial charge on any atom is 0.315 e. The Morgan fingerprint density at radius 1 is 1.17 bits per heavy atom. The molecule has 0 bridgehead atoms. The summed E-state index contributed by atoms with van der Waals surface area (Å²) in [4.78, 5) is 22.8. The number of hydrogen-bond donors (Lipinski definition) is 3. The third-order valence-corrected chi connectivity index (χ3v) is 4.06. The van der Waals surface area contributed by atoms with Crippen LogP contribution in [0.15, 0.2) is 30.3 Å². The molecule has 1 aromatic carbocycles. The number of primary amides is 1. The van der Waals surface area contributed by atoms with Crippen molar-refractivity contribution in [2.24, 2.45) is 5.73 Å². The minimum atomic E-state index is -0.536. The van der Waals surface area contributed by atoms with Gasteiger partial charge in [-0.2, -0.15) is 0 Å². The summed E-state index contributed by atoms with van der Waals surface area (Å²) >= 11 is 0. The first kappa shape index (κ1) is 16.7. The van der Waals surface area contributed by atoms with Gasteiger partial charge in [-0.15, -0.1) is 0 Å². The van der Waals surface area contributed by atoms with Crippen LogP contribution in [0.4, 0.5) is 4.79 Å². The number of carbonyl (C=O) groups excluding carboxylic acids is 2. The van der Waals surface area contributed by atoms with Crippen LogP contribution in [-0.4, -0.2) is 56.1 Å². The molecule has 130 valence electrons. The molecule has 0 aliphatic carbocycles. The molecule has 0 saturated carbocycles. The molecule has 0 aromatic heterocycles. The van der Waals surface area contributed by atoms with Gasteiger partial charge in [0.1, 0.15) is 24.9 Å². The van der Waals surface area contributed by atoms with Crippen molar-refractivity contribution in [2.75, 3.05) is 19.8 Å². The Bertz CT molecular complexity index is 582. The zero-order valence-electron chi connectivity index (χ0n) is 13.1. The zero-order valence-corrected chi connectivity index (χ0v) is 13.1. The third kappa shape index (κ3) is 4.02. The molecule has 2 fully saturated rings. The summed E-state index contributed by atoms with van der Waals surface area (Å²) in [5.41, 5.74) is 6.09. The number of ether oxygens (including phenoxy) is 3. The number of urea groups is 1. The van der Waals surface area contributed by atoms with Gasteiger partial charge in [-0.1, -0.05) is 30.3 Å². The first-order valence-electron chi connectivity index (χ1n) is 7.85. The van der Waals surface area contributed by atoms with Crippen molar-refractivity contribution in [1.29, 1.82) is 0 Å². The highest BCUT2D eigenvalue weighted by Gasteiger charge is 2.48. The number of carbonyl (C=O) groups is 2. The van der Waals surface area contributed by atoms with Crippen molar-refractivity contribution < 1.29 is 23.8 Å². The van der Waals surface area contributed by atoms with Crippen molar-refractivity contribution in [1.82, 2.24) is 10.6 Å². The van der Waals surface area contributed by atoms with E-state index in [4.69, 9.17) is 19.9 Å². The molecule has 3 rings (SSSR count). The lowest BCUT2D eigenvalue weighted by Crippen LogP contribution is -2.48. The maximum atomic E-state index is 12.0. The van der Waals surface area contributed by atoms with E-state index in [9.17, 15) is 9.59 Å². The fourth-order valence-corrected chi connectivity index (χ4v) is 2.92. The van der Waals surface area contributed by atoms with Gasteiger partial charge in [-0.05, 0) is 5.56 Å². The van der Waals surface area contributed by atoms with E-state index in [0.717, 1.165) is 5.56 Å². The molecule has 1 aromatic rings. The Morgan fingerprint density at radius 2 is 1.92 bits per heavy atom. The van der Waals surface area contributed by atoms with Crippen molar-refractivity contribution >= 4 is 11.9 Å². The second-order valence-electron chi connectivity index (χ2n) is 5.83. The Labute approximate surface area is 139 Å². The van der Waals surface area contributed by atoms with Gasteiger partial charge in [0.25, 0.3) is 0 Å². The highest BCUT2D eigenvalue weighted by Crippen LogP contribution is 2.28. The van der Waals surface area contributed by atoms with E-state index in [-0.39, 0.29) is 37.0 Å². The summed E-state index contributed by atoms with van der Waals surface area (Å²) in [7, 11) is 0. The van der Waals surface area contributed by atoms with Crippen molar-refractivity contribution in [3.63, 3.8) is 0 Å². The minimum absolute atomic E-state index is 0.170. The normalized spacial score (nSPS) is 28.3. The summed E-state index contributed by atoms with van der Waals surface area (Å²) < 4.78 is 16.7. The molecule has 2 aliphatic heterocycles. The van der Waals surface area contributed by atoms with E-state index >= 15 is 0 Å². The molecule has 3 amide bonds. The molecule has 2 aliphatic rings. The summed E-state index contributed by atoms with van der Waals surface area (Å²) in [5, 5.41) is 5.66. The first-order valence-corrected chi connectivity index (χ1v) is 7.85. The lowest BCUT2D eigenvalue weighted by Gasteiger charge is -2.18. The second-order valence-corrected chi connectivity index (χ2v) is 5.83. The number of hydrogen-bond acceptors (Lipinski definition) is 5. The number of rotatable bonds is 6.